The molecular weight excluding hydrogens is 226 g/mol. The van der Waals surface area contributed by atoms with E-state index in [0.29, 0.717) is 0 Å². The second kappa shape index (κ2) is 4.14. The molecular formula is C14H13N3O. The first kappa shape index (κ1) is 10.8. The number of rotatable bonds is 2. The van der Waals surface area contributed by atoms with E-state index in [4.69, 9.17) is 4.74 Å². The smallest absolute Gasteiger partial charge is 0.158 e. The Hall–Kier alpha value is -2.36. The largest absolute Gasteiger partial charge is 0.497 e. The van der Waals surface area contributed by atoms with E-state index in [-0.39, 0.29) is 0 Å². The molecule has 18 heavy (non-hydrogen) atoms. The minimum Gasteiger partial charge on any atom is -0.497 e. The Balaban J connectivity index is 2.16. The van der Waals surface area contributed by atoms with Crippen molar-refractivity contribution in [2.24, 2.45) is 0 Å². The molecule has 0 spiro atoms. The van der Waals surface area contributed by atoms with Gasteiger partial charge in [0.05, 0.1) is 24.7 Å². The standard InChI is InChI=1S/C14H13N3O/c1-10-14-16-9-13(17(14)8-7-15-10)11-3-5-12(18-2)6-4-11/h3-9H,1-2H3. The maximum absolute atomic E-state index is 5.16. The molecule has 0 aliphatic heterocycles. The fraction of sp³-hybridized carbons (Fsp3) is 0.143. The number of benzene rings is 1. The molecule has 0 aliphatic rings. The lowest BCUT2D eigenvalue weighted by Crippen LogP contribution is -1.92. The van der Waals surface area contributed by atoms with Crippen molar-refractivity contribution in [2.75, 3.05) is 7.11 Å². The maximum Gasteiger partial charge on any atom is 0.158 e. The van der Waals surface area contributed by atoms with Crippen molar-refractivity contribution in [3.63, 3.8) is 0 Å². The summed E-state index contributed by atoms with van der Waals surface area (Å²) in [6, 6.07) is 7.95. The second-order valence-corrected chi connectivity index (χ2v) is 4.08. The molecule has 3 rings (SSSR count). The van der Waals surface area contributed by atoms with Crippen LogP contribution >= 0.6 is 0 Å². The number of nitrogens with zero attached hydrogens (tertiary/aromatic N) is 3. The van der Waals surface area contributed by atoms with Crippen LogP contribution in [0.25, 0.3) is 16.9 Å². The van der Waals surface area contributed by atoms with Crippen LogP contribution in [0.5, 0.6) is 5.75 Å². The van der Waals surface area contributed by atoms with Gasteiger partial charge in [0.15, 0.2) is 5.65 Å². The van der Waals surface area contributed by atoms with Gasteiger partial charge in [0.2, 0.25) is 0 Å². The minimum atomic E-state index is 0.852. The maximum atomic E-state index is 5.16. The normalized spacial score (nSPS) is 10.8. The quantitative estimate of drug-likeness (QED) is 0.690. The third-order valence-electron chi connectivity index (χ3n) is 2.99. The van der Waals surface area contributed by atoms with Crippen LogP contribution in [0.15, 0.2) is 42.9 Å². The average Bonchev–Trinajstić information content (AvgIpc) is 2.84. The third kappa shape index (κ3) is 1.62. The van der Waals surface area contributed by atoms with Crippen LogP contribution in [0.3, 0.4) is 0 Å². The van der Waals surface area contributed by atoms with Gasteiger partial charge < -0.3 is 4.74 Å². The molecule has 90 valence electrons. The molecule has 1 aromatic carbocycles. The van der Waals surface area contributed by atoms with Gasteiger partial charge >= 0.3 is 0 Å². The third-order valence-corrected chi connectivity index (χ3v) is 2.99. The van der Waals surface area contributed by atoms with Crippen LogP contribution < -0.4 is 4.74 Å². The van der Waals surface area contributed by atoms with Crippen LogP contribution in [0, 0.1) is 6.92 Å². The molecule has 4 nitrogen and oxygen atoms in total. The number of aromatic nitrogens is 3. The number of hydrogen-bond acceptors (Lipinski definition) is 3. The van der Waals surface area contributed by atoms with Crippen LogP contribution in [0.2, 0.25) is 0 Å². The van der Waals surface area contributed by atoms with E-state index in [1.54, 1.807) is 13.3 Å². The number of hydrogen-bond donors (Lipinski definition) is 0. The van der Waals surface area contributed by atoms with E-state index < -0.39 is 0 Å². The highest BCUT2D eigenvalue weighted by molar-refractivity contribution is 5.65. The van der Waals surface area contributed by atoms with Gasteiger partial charge in [0.25, 0.3) is 0 Å². The summed E-state index contributed by atoms with van der Waals surface area (Å²) < 4.78 is 7.21. The predicted molar refractivity (Wildman–Crippen MR) is 69.7 cm³/mol. The van der Waals surface area contributed by atoms with Crippen molar-refractivity contribution in [2.45, 2.75) is 6.92 Å². The van der Waals surface area contributed by atoms with E-state index in [0.717, 1.165) is 28.3 Å². The highest BCUT2D eigenvalue weighted by Crippen LogP contribution is 2.23. The molecule has 0 radical (unpaired) electrons. The van der Waals surface area contributed by atoms with E-state index in [1.807, 2.05) is 48.0 Å². The van der Waals surface area contributed by atoms with Crippen molar-refractivity contribution in [1.29, 1.82) is 0 Å². The van der Waals surface area contributed by atoms with Crippen LogP contribution in [-0.4, -0.2) is 21.5 Å². The fourth-order valence-corrected chi connectivity index (χ4v) is 2.02. The first-order valence-corrected chi connectivity index (χ1v) is 5.72. The first-order valence-electron chi connectivity index (χ1n) is 5.72. The molecule has 0 bridgehead atoms. The Morgan fingerprint density at radius 1 is 1.11 bits per heavy atom. The van der Waals surface area contributed by atoms with Gasteiger partial charge in [-0.05, 0) is 31.2 Å². The van der Waals surface area contributed by atoms with Crippen molar-refractivity contribution >= 4 is 5.65 Å². The van der Waals surface area contributed by atoms with Crippen molar-refractivity contribution in [1.82, 2.24) is 14.4 Å². The molecule has 0 fully saturated rings. The van der Waals surface area contributed by atoms with Crippen molar-refractivity contribution in [3.05, 3.63) is 48.5 Å². The summed E-state index contributed by atoms with van der Waals surface area (Å²) in [5.41, 5.74) is 3.98. The Morgan fingerprint density at radius 2 is 1.89 bits per heavy atom. The number of fused-ring (bicyclic) bond motifs is 1. The van der Waals surface area contributed by atoms with Crippen molar-refractivity contribution < 1.29 is 4.74 Å². The summed E-state index contributed by atoms with van der Waals surface area (Å²) in [7, 11) is 1.66. The molecule has 0 saturated carbocycles. The molecule has 0 saturated heterocycles. The highest BCUT2D eigenvalue weighted by Gasteiger charge is 2.07. The molecule has 2 heterocycles. The molecule has 3 aromatic rings. The van der Waals surface area contributed by atoms with Gasteiger partial charge in [0, 0.05) is 18.0 Å². The van der Waals surface area contributed by atoms with E-state index in [2.05, 4.69) is 9.97 Å². The number of imidazole rings is 1. The minimum absolute atomic E-state index is 0.852. The zero-order valence-corrected chi connectivity index (χ0v) is 10.3. The van der Waals surface area contributed by atoms with Gasteiger partial charge in [-0.3, -0.25) is 9.38 Å². The monoisotopic (exact) mass is 239 g/mol. The number of ether oxygens (including phenoxy) is 1. The van der Waals surface area contributed by atoms with Gasteiger partial charge in [-0.15, -0.1) is 0 Å². The summed E-state index contributed by atoms with van der Waals surface area (Å²) in [6.45, 7) is 1.96. The lowest BCUT2D eigenvalue weighted by molar-refractivity contribution is 0.415. The van der Waals surface area contributed by atoms with Gasteiger partial charge in [-0.2, -0.15) is 0 Å². The lowest BCUT2D eigenvalue weighted by atomic mass is 10.1. The molecule has 0 amide bonds. The molecule has 0 atom stereocenters. The molecule has 4 heteroatoms. The predicted octanol–water partition coefficient (Wildman–Crippen LogP) is 2.71. The second-order valence-electron chi connectivity index (χ2n) is 4.08. The van der Waals surface area contributed by atoms with Gasteiger partial charge in [0.1, 0.15) is 5.75 Å². The molecule has 0 N–H and O–H groups in total. The summed E-state index contributed by atoms with van der Waals surface area (Å²) in [5.74, 6) is 0.852. The molecule has 0 aliphatic carbocycles. The highest BCUT2D eigenvalue weighted by atomic mass is 16.5. The number of aryl methyl sites for hydroxylation is 1. The van der Waals surface area contributed by atoms with Crippen LogP contribution in [0.1, 0.15) is 5.69 Å². The molecule has 2 aromatic heterocycles. The lowest BCUT2D eigenvalue weighted by Gasteiger charge is -2.04. The van der Waals surface area contributed by atoms with E-state index >= 15 is 0 Å². The average molecular weight is 239 g/mol. The Labute approximate surface area is 105 Å². The van der Waals surface area contributed by atoms with E-state index in [9.17, 15) is 0 Å². The summed E-state index contributed by atoms with van der Waals surface area (Å²) in [6.07, 6.45) is 5.58. The van der Waals surface area contributed by atoms with E-state index in [1.165, 1.54) is 0 Å². The van der Waals surface area contributed by atoms with Gasteiger partial charge in [-0.25, -0.2) is 4.98 Å². The van der Waals surface area contributed by atoms with Crippen LogP contribution in [-0.2, 0) is 0 Å². The van der Waals surface area contributed by atoms with Gasteiger partial charge in [-0.1, -0.05) is 0 Å². The van der Waals surface area contributed by atoms with Crippen LogP contribution in [0.4, 0.5) is 0 Å². The topological polar surface area (TPSA) is 39.4 Å². The zero-order chi connectivity index (χ0) is 12.5. The van der Waals surface area contributed by atoms with Crippen molar-refractivity contribution in [3.8, 4) is 17.0 Å². The Kier molecular flexibility index (Phi) is 2.48. The summed E-state index contributed by atoms with van der Waals surface area (Å²) >= 11 is 0. The molecule has 0 unspecified atom stereocenters. The first-order chi connectivity index (χ1) is 8.79. The number of methoxy groups -OCH3 is 1. The Bertz CT molecular complexity index is 686. The fourth-order valence-electron chi connectivity index (χ4n) is 2.02. The SMILES string of the molecule is COc1ccc(-c2cnc3c(C)nccn23)cc1. The Morgan fingerprint density at radius 3 is 2.61 bits per heavy atom. The zero-order valence-electron chi connectivity index (χ0n) is 10.3. The summed E-state index contributed by atoms with van der Waals surface area (Å²) in [5, 5.41) is 0. The summed E-state index contributed by atoms with van der Waals surface area (Å²) in [4.78, 5) is 8.64.